The molecule has 2 aromatic rings. The zero-order valence-corrected chi connectivity index (χ0v) is 18.3. The van der Waals surface area contributed by atoms with Crippen LogP contribution in [0.25, 0.3) is 0 Å². The largest absolute Gasteiger partial charge is 0.459 e. The second-order valence-corrected chi connectivity index (χ2v) is 9.56. The predicted octanol–water partition coefficient (Wildman–Crippen LogP) is 1.66. The number of hydrogen-bond acceptors (Lipinski definition) is 6. The highest BCUT2D eigenvalue weighted by atomic mass is 32.2. The van der Waals surface area contributed by atoms with Gasteiger partial charge in [0.05, 0.1) is 11.2 Å². The number of hydrogen-bond donors (Lipinski definition) is 1. The van der Waals surface area contributed by atoms with Crippen molar-refractivity contribution in [2.24, 2.45) is 0 Å². The Labute approximate surface area is 180 Å². The lowest BCUT2D eigenvalue weighted by molar-refractivity contribution is -0.134. The third-order valence-corrected chi connectivity index (χ3v) is 7.00. The number of carbonyl (C=O) groups excluding carboxylic acids is 2. The lowest BCUT2D eigenvalue weighted by atomic mass is 10.2. The minimum absolute atomic E-state index is 0.126. The molecule has 1 aliphatic heterocycles. The van der Waals surface area contributed by atoms with Gasteiger partial charge in [-0.1, -0.05) is 18.2 Å². The fraction of sp³-hybridized carbons (Fsp3) is 0.400. The lowest BCUT2D eigenvalue weighted by Crippen LogP contribution is -2.55. The molecule has 1 atom stereocenters. The molecule has 0 aliphatic carbocycles. The van der Waals surface area contributed by atoms with Crippen molar-refractivity contribution in [3.05, 3.63) is 54.5 Å². The van der Waals surface area contributed by atoms with Gasteiger partial charge in [-0.3, -0.25) is 9.59 Å². The number of nitrogens with one attached hydrogen (secondary N) is 1. The van der Waals surface area contributed by atoms with Crippen LogP contribution in [0, 0.1) is 0 Å². The lowest BCUT2D eigenvalue weighted by Gasteiger charge is -2.36. The van der Waals surface area contributed by atoms with Crippen LogP contribution in [0.1, 0.15) is 17.0 Å². The molecule has 1 N–H and O–H groups in total. The summed E-state index contributed by atoms with van der Waals surface area (Å²) in [6.45, 7) is 1.42. The number of nitrogens with zero attached hydrogens (tertiary/aromatic N) is 2. The minimum Gasteiger partial charge on any atom is -0.459 e. The summed E-state index contributed by atoms with van der Waals surface area (Å²) in [6.07, 6.45) is 3.74. The molecule has 3 rings (SSSR count). The van der Waals surface area contributed by atoms with E-state index in [0.29, 0.717) is 38.4 Å². The summed E-state index contributed by atoms with van der Waals surface area (Å²) in [5, 5.41) is 0. The molecule has 1 saturated heterocycles. The Balaban J connectivity index is 1.65. The van der Waals surface area contributed by atoms with Gasteiger partial charge in [0.25, 0.3) is 5.91 Å². The molecular formula is C20H25N3O5S2. The first-order valence-electron chi connectivity index (χ1n) is 9.60. The summed E-state index contributed by atoms with van der Waals surface area (Å²) in [7, 11) is -3.81. The van der Waals surface area contributed by atoms with Crippen molar-refractivity contribution in [3.63, 3.8) is 0 Å². The zero-order chi connectivity index (χ0) is 21.6. The number of amides is 2. The van der Waals surface area contributed by atoms with Crippen LogP contribution in [0.15, 0.2) is 58.0 Å². The zero-order valence-electron chi connectivity index (χ0n) is 16.7. The van der Waals surface area contributed by atoms with E-state index in [-0.39, 0.29) is 22.5 Å². The maximum Gasteiger partial charge on any atom is 0.289 e. The van der Waals surface area contributed by atoms with Crippen LogP contribution in [0.4, 0.5) is 0 Å². The molecule has 1 aromatic carbocycles. The van der Waals surface area contributed by atoms with Gasteiger partial charge in [-0.15, -0.1) is 0 Å². The Bertz CT molecular complexity index is 940. The van der Waals surface area contributed by atoms with E-state index in [0.717, 1.165) is 0 Å². The van der Waals surface area contributed by atoms with Gasteiger partial charge in [-0.05, 0) is 42.7 Å². The van der Waals surface area contributed by atoms with Gasteiger partial charge in [0, 0.05) is 26.2 Å². The molecule has 30 heavy (non-hydrogen) atoms. The Morgan fingerprint density at radius 3 is 2.33 bits per heavy atom. The average Bonchev–Trinajstić information content (AvgIpc) is 3.31. The van der Waals surface area contributed by atoms with Gasteiger partial charge < -0.3 is 14.2 Å². The molecule has 162 valence electrons. The topological polar surface area (TPSA) is 99.9 Å². The molecule has 2 amide bonds. The summed E-state index contributed by atoms with van der Waals surface area (Å²) in [5.41, 5.74) is 0. The summed E-state index contributed by atoms with van der Waals surface area (Å²) in [5.74, 6) is 0.428. The maximum atomic E-state index is 13.1. The fourth-order valence-corrected chi connectivity index (χ4v) is 4.95. The van der Waals surface area contributed by atoms with Crippen molar-refractivity contribution in [1.29, 1.82) is 0 Å². The van der Waals surface area contributed by atoms with Crippen molar-refractivity contribution in [1.82, 2.24) is 14.5 Å². The quantitative estimate of drug-likeness (QED) is 0.655. The Morgan fingerprint density at radius 2 is 1.73 bits per heavy atom. The SMILES string of the molecule is CSCCC(NS(=O)(=O)c1ccccc1)C(=O)N1CCN(C(=O)c2ccco2)CC1. The summed E-state index contributed by atoms with van der Waals surface area (Å²) in [4.78, 5) is 28.9. The van der Waals surface area contributed by atoms with Gasteiger partial charge in [0.2, 0.25) is 15.9 Å². The fourth-order valence-electron chi connectivity index (χ4n) is 3.23. The molecule has 8 nitrogen and oxygen atoms in total. The number of benzene rings is 1. The van der Waals surface area contributed by atoms with Crippen LogP contribution in [0.2, 0.25) is 0 Å². The standard InChI is InChI=1S/C20H25N3O5S2/c1-29-15-9-17(21-30(26,27)16-6-3-2-4-7-16)19(24)22-10-12-23(13-11-22)20(25)18-8-5-14-28-18/h2-8,14,17,21H,9-13,15H2,1H3. The van der Waals surface area contributed by atoms with Crippen LogP contribution >= 0.6 is 11.8 Å². The summed E-state index contributed by atoms with van der Waals surface area (Å²) in [6, 6.07) is 10.4. The van der Waals surface area contributed by atoms with E-state index in [9.17, 15) is 18.0 Å². The maximum absolute atomic E-state index is 13.1. The number of thioether (sulfide) groups is 1. The highest BCUT2D eigenvalue weighted by Crippen LogP contribution is 2.14. The molecule has 0 spiro atoms. The van der Waals surface area contributed by atoms with Crippen LogP contribution in [-0.2, 0) is 14.8 Å². The highest BCUT2D eigenvalue weighted by Gasteiger charge is 2.32. The van der Waals surface area contributed by atoms with Gasteiger partial charge in [0.15, 0.2) is 5.76 Å². The molecule has 10 heteroatoms. The van der Waals surface area contributed by atoms with Crippen LogP contribution in [0.5, 0.6) is 0 Å². The molecule has 0 bridgehead atoms. The van der Waals surface area contributed by atoms with E-state index < -0.39 is 16.1 Å². The molecule has 1 fully saturated rings. The van der Waals surface area contributed by atoms with E-state index in [1.807, 2.05) is 6.26 Å². The minimum atomic E-state index is -3.81. The molecule has 1 aromatic heterocycles. The number of rotatable bonds is 8. The summed E-state index contributed by atoms with van der Waals surface area (Å²) < 4.78 is 33.1. The summed E-state index contributed by atoms with van der Waals surface area (Å²) >= 11 is 1.55. The average molecular weight is 452 g/mol. The molecule has 1 unspecified atom stereocenters. The molecule has 2 heterocycles. The van der Waals surface area contributed by atoms with Crippen molar-refractivity contribution >= 4 is 33.6 Å². The van der Waals surface area contributed by atoms with E-state index in [1.54, 1.807) is 51.9 Å². The second kappa shape index (κ2) is 10.1. The molecular weight excluding hydrogens is 426 g/mol. The molecule has 1 aliphatic rings. The monoisotopic (exact) mass is 451 g/mol. The van der Waals surface area contributed by atoms with Gasteiger partial charge >= 0.3 is 0 Å². The Hall–Kier alpha value is -2.30. The van der Waals surface area contributed by atoms with Crippen molar-refractivity contribution < 1.29 is 22.4 Å². The third kappa shape index (κ3) is 5.44. The normalized spacial score (nSPS) is 15.8. The second-order valence-electron chi connectivity index (χ2n) is 6.86. The predicted molar refractivity (Wildman–Crippen MR) is 115 cm³/mol. The number of carbonyl (C=O) groups is 2. The Kier molecular flexibility index (Phi) is 7.57. The van der Waals surface area contributed by atoms with Crippen LogP contribution in [0.3, 0.4) is 0 Å². The van der Waals surface area contributed by atoms with Crippen molar-refractivity contribution in [3.8, 4) is 0 Å². The first-order chi connectivity index (χ1) is 14.4. The van der Waals surface area contributed by atoms with Crippen LogP contribution < -0.4 is 4.72 Å². The van der Waals surface area contributed by atoms with E-state index >= 15 is 0 Å². The van der Waals surface area contributed by atoms with Gasteiger partial charge in [-0.25, -0.2) is 8.42 Å². The molecule has 0 radical (unpaired) electrons. The smallest absolute Gasteiger partial charge is 0.289 e. The third-order valence-electron chi connectivity index (χ3n) is 4.87. The first kappa shape index (κ1) is 22.4. The number of piperazine rings is 1. The Morgan fingerprint density at radius 1 is 1.07 bits per heavy atom. The van der Waals surface area contributed by atoms with Crippen LogP contribution in [-0.4, -0.2) is 74.3 Å². The van der Waals surface area contributed by atoms with Crippen molar-refractivity contribution in [2.75, 3.05) is 38.2 Å². The van der Waals surface area contributed by atoms with Gasteiger partial charge in [0.1, 0.15) is 6.04 Å². The van der Waals surface area contributed by atoms with E-state index in [2.05, 4.69) is 4.72 Å². The number of sulfonamides is 1. The van der Waals surface area contributed by atoms with Crippen molar-refractivity contribution in [2.45, 2.75) is 17.4 Å². The van der Waals surface area contributed by atoms with Gasteiger partial charge in [-0.2, -0.15) is 16.5 Å². The van der Waals surface area contributed by atoms with E-state index in [4.69, 9.17) is 4.42 Å². The highest BCUT2D eigenvalue weighted by molar-refractivity contribution is 7.98. The number of furan rings is 1. The first-order valence-corrected chi connectivity index (χ1v) is 12.5. The van der Waals surface area contributed by atoms with E-state index in [1.165, 1.54) is 18.4 Å². The molecule has 0 saturated carbocycles.